The van der Waals surface area contributed by atoms with E-state index in [9.17, 15) is 18.0 Å². The minimum atomic E-state index is -4.30. The van der Waals surface area contributed by atoms with Crippen LogP contribution < -0.4 is 23.8 Å². The van der Waals surface area contributed by atoms with E-state index in [4.69, 9.17) is 14.2 Å². The Bertz CT molecular complexity index is 1480. The second-order valence-electron chi connectivity index (χ2n) is 9.18. The maximum atomic E-state index is 14.1. The number of likely N-dealkylation sites (N-methyl/N-ethyl adjacent to an activating group) is 1. The van der Waals surface area contributed by atoms with Crippen LogP contribution >= 0.6 is 15.9 Å². The number of amides is 2. The average molecular weight is 663 g/mol. The Balaban J connectivity index is 2.08. The smallest absolute Gasteiger partial charge is 0.264 e. The third-order valence-electron chi connectivity index (χ3n) is 6.42. The van der Waals surface area contributed by atoms with Crippen LogP contribution in [0.4, 0.5) is 5.69 Å². The molecular formula is C30H36BrN3O7S. The number of benzene rings is 3. The standard InChI is InChI=1S/C30H36BrN3O7S/c1-6-32-30(36)21(3)33(19-22-9-8-10-23(31)17-22)29(35)20-34(24-11-13-25(14-12-24)41-7-2)42(37,38)26-15-16-27(39-4)28(18-26)40-5/h8-18,21H,6-7,19-20H2,1-5H3,(H,32,36). The van der Waals surface area contributed by atoms with Crippen molar-refractivity contribution in [3.63, 3.8) is 0 Å². The predicted octanol–water partition coefficient (Wildman–Crippen LogP) is 4.61. The largest absolute Gasteiger partial charge is 0.494 e. The van der Waals surface area contributed by atoms with Crippen molar-refractivity contribution in [2.24, 2.45) is 0 Å². The van der Waals surface area contributed by atoms with E-state index in [0.29, 0.717) is 24.7 Å². The lowest BCUT2D eigenvalue weighted by molar-refractivity contribution is -0.139. The van der Waals surface area contributed by atoms with Crippen molar-refractivity contribution in [1.82, 2.24) is 10.2 Å². The molecule has 12 heteroatoms. The van der Waals surface area contributed by atoms with E-state index in [1.807, 2.05) is 31.2 Å². The number of nitrogens with zero attached hydrogens (tertiary/aromatic N) is 2. The van der Waals surface area contributed by atoms with E-state index in [0.717, 1.165) is 14.3 Å². The van der Waals surface area contributed by atoms with E-state index in [-0.39, 0.29) is 28.8 Å². The number of nitrogens with one attached hydrogen (secondary N) is 1. The second-order valence-corrected chi connectivity index (χ2v) is 12.0. The molecule has 226 valence electrons. The fourth-order valence-corrected chi connectivity index (χ4v) is 6.12. The number of anilines is 1. The third-order valence-corrected chi connectivity index (χ3v) is 8.68. The highest BCUT2D eigenvalue weighted by Gasteiger charge is 2.33. The van der Waals surface area contributed by atoms with Crippen molar-refractivity contribution in [2.45, 2.75) is 38.3 Å². The monoisotopic (exact) mass is 661 g/mol. The van der Waals surface area contributed by atoms with Gasteiger partial charge in [0.25, 0.3) is 10.0 Å². The van der Waals surface area contributed by atoms with Crippen molar-refractivity contribution < 1.29 is 32.2 Å². The second kappa shape index (κ2) is 14.9. The molecule has 1 N–H and O–H groups in total. The molecule has 0 saturated heterocycles. The number of hydrogen-bond donors (Lipinski definition) is 1. The first-order chi connectivity index (χ1) is 20.0. The average Bonchev–Trinajstić information content (AvgIpc) is 2.98. The van der Waals surface area contributed by atoms with Crippen LogP contribution in [-0.2, 0) is 26.2 Å². The molecular weight excluding hydrogens is 626 g/mol. The van der Waals surface area contributed by atoms with Crippen molar-refractivity contribution in [2.75, 3.05) is 38.2 Å². The highest BCUT2D eigenvalue weighted by atomic mass is 79.9. The highest BCUT2D eigenvalue weighted by molar-refractivity contribution is 9.10. The third kappa shape index (κ3) is 7.95. The molecule has 0 fully saturated rings. The minimum Gasteiger partial charge on any atom is -0.494 e. The summed E-state index contributed by atoms with van der Waals surface area (Å²) in [5.74, 6) is 0.217. The number of methoxy groups -OCH3 is 2. The number of carbonyl (C=O) groups is 2. The summed E-state index contributed by atoms with van der Waals surface area (Å²) in [6, 6.07) is 17.1. The van der Waals surface area contributed by atoms with Crippen LogP contribution in [0.25, 0.3) is 0 Å². The summed E-state index contributed by atoms with van der Waals surface area (Å²) in [7, 11) is -1.44. The molecule has 0 heterocycles. The lowest BCUT2D eigenvalue weighted by Gasteiger charge is -2.32. The molecule has 0 aromatic heterocycles. The van der Waals surface area contributed by atoms with Crippen LogP contribution in [-0.4, -0.2) is 65.1 Å². The number of ether oxygens (including phenoxy) is 3. The van der Waals surface area contributed by atoms with Gasteiger partial charge in [-0.3, -0.25) is 13.9 Å². The Morgan fingerprint density at radius 1 is 0.952 bits per heavy atom. The van der Waals surface area contributed by atoms with Gasteiger partial charge in [-0.2, -0.15) is 0 Å². The van der Waals surface area contributed by atoms with Gasteiger partial charge < -0.3 is 24.4 Å². The first kappa shape index (κ1) is 32.7. The van der Waals surface area contributed by atoms with Gasteiger partial charge in [0.15, 0.2) is 11.5 Å². The predicted molar refractivity (Wildman–Crippen MR) is 165 cm³/mol. The van der Waals surface area contributed by atoms with E-state index in [2.05, 4.69) is 21.2 Å². The molecule has 0 radical (unpaired) electrons. The van der Waals surface area contributed by atoms with Crippen LogP contribution in [0.1, 0.15) is 26.3 Å². The molecule has 3 rings (SSSR count). The summed E-state index contributed by atoms with van der Waals surface area (Å²) in [6.07, 6.45) is 0. The zero-order chi connectivity index (χ0) is 30.9. The number of carbonyl (C=O) groups excluding carboxylic acids is 2. The van der Waals surface area contributed by atoms with Crippen LogP contribution in [0.15, 0.2) is 76.1 Å². The molecule has 10 nitrogen and oxygen atoms in total. The molecule has 1 unspecified atom stereocenters. The SMILES string of the molecule is CCNC(=O)C(C)N(Cc1cccc(Br)c1)C(=O)CN(c1ccc(OCC)cc1)S(=O)(=O)c1ccc(OC)c(OC)c1. The molecule has 0 bridgehead atoms. The highest BCUT2D eigenvalue weighted by Crippen LogP contribution is 2.33. The van der Waals surface area contributed by atoms with Crippen LogP contribution in [0.2, 0.25) is 0 Å². The van der Waals surface area contributed by atoms with E-state index in [1.165, 1.54) is 37.3 Å². The number of rotatable bonds is 14. The van der Waals surface area contributed by atoms with Gasteiger partial charge in [0.1, 0.15) is 18.3 Å². The zero-order valence-corrected chi connectivity index (χ0v) is 26.7. The van der Waals surface area contributed by atoms with Crippen molar-refractivity contribution in [3.05, 3.63) is 76.8 Å². The summed E-state index contributed by atoms with van der Waals surface area (Å²) in [5, 5.41) is 2.75. The number of sulfonamides is 1. The Labute approximate surface area is 255 Å². The van der Waals surface area contributed by atoms with Crippen LogP contribution in [0.3, 0.4) is 0 Å². The van der Waals surface area contributed by atoms with Gasteiger partial charge in [-0.25, -0.2) is 8.42 Å². The van der Waals surface area contributed by atoms with Gasteiger partial charge in [-0.15, -0.1) is 0 Å². The fraction of sp³-hybridized carbons (Fsp3) is 0.333. The maximum absolute atomic E-state index is 14.1. The quantitative estimate of drug-likeness (QED) is 0.268. The summed E-state index contributed by atoms with van der Waals surface area (Å²) >= 11 is 3.44. The van der Waals surface area contributed by atoms with E-state index >= 15 is 0 Å². The van der Waals surface area contributed by atoms with Gasteiger partial charge in [-0.05, 0) is 74.9 Å². The normalized spacial score (nSPS) is 11.8. The number of hydrogen-bond acceptors (Lipinski definition) is 7. The van der Waals surface area contributed by atoms with Gasteiger partial charge in [0.2, 0.25) is 11.8 Å². The molecule has 1 atom stereocenters. The molecule has 0 saturated carbocycles. The molecule has 2 amide bonds. The van der Waals surface area contributed by atoms with Crippen LogP contribution in [0.5, 0.6) is 17.2 Å². The van der Waals surface area contributed by atoms with Gasteiger partial charge in [0.05, 0.1) is 31.4 Å². The van der Waals surface area contributed by atoms with E-state index in [1.54, 1.807) is 38.1 Å². The molecule has 0 aliphatic carbocycles. The fourth-order valence-electron chi connectivity index (χ4n) is 4.24. The molecule has 0 aliphatic heterocycles. The molecule has 3 aromatic carbocycles. The summed E-state index contributed by atoms with van der Waals surface area (Å²) in [4.78, 5) is 28.1. The Morgan fingerprint density at radius 3 is 2.24 bits per heavy atom. The lowest BCUT2D eigenvalue weighted by atomic mass is 10.1. The molecule has 3 aromatic rings. The van der Waals surface area contributed by atoms with Crippen molar-refractivity contribution in [1.29, 1.82) is 0 Å². The summed E-state index contributed by atoms with van der Waals surface area (Å²) in [6.45, 7) is 5.59. The van der Waals surface area contributed by atoms with Gasteiger partial charge in [-0.1, -0.05) is 28.1 Å². The van der Waals surface area contributed by atoms with Crippen LogP contribution in [0, 0.1) is 0 Å². The van der Waals surface area contributed by atoms with E-state index < -0.39 is 28.5 Å². The molecule has 42 heavy (non-hydrogen) atoms. The Morgan fingerprint density at radius 2 is 1.64 bits per heavy atom. The first-order valence-electron chi connectivity index (χ1n) is 13.3. The molecule has 0 aliphatic rings. The number of halogens is 1. The van der Waals surface area contributed by atoms with Gasteiger partial charge >= 0.3 is 0 Å². The Kier molecular flexibility index (Phi) is 11.6. The topological polar surface area (TPSA) is 114 Å². The van der Waals surface area contributed by atoms with Crippen molar-refractivity contribution >= 4 is 43.5 Å². The summed E-state index contributed by atoms with van der Waals surface area (Å²) < 4.78 is 46.2. The Hall–Kier alpha value is -3.77. The summed E-state index contributed by atoms with van der Waals surface area (Å²) in [5.41, 5.74) is 1.01. The van der Waals surface area contributed by atoms with Gasteiger partial charge in [0, 0.05) is 23.6 Å². The zero-order valence-electron chi connectivity index (χ0n) is 24.3. The first-order valence-corrected chi connectivity index (χ1v) is 15.6. The minimum absolute atomic E-state index is 0.0874. The lowest BCUT2D eigenvalue weighted by Crippen LogP contribution is -2.51. The maximum Gasteiger partial charge on any atom is 0.264 e. The van der Waals surface area contributed by atoms with Crippen molar-refractivity contribution in [3.8, 4) is 17.2 Å². The molecule has 0 spiro atoms.